The van der Waals surface area contributed by atoms with Crippen molar-refractivity contribution in [2.75, 3.05) is 0 Å². The summed E-state index contributed by atoms with van der Waals surface area (Å²) in [5.74, 6) is 0.879. The van der Waals surface area contributed by atoms with Gasteiger partial charge in [-0.15, -0.1) is 0 Å². The molecular weight excluding hydrogens is 336 g/mol. The van der Waals surface area contributed by atoms with Gasteiger partial charge in [0.1, 0.15) is 0 Å². The summed E-state index contributed by atoms with van der Waals surface area (Å²) in [6.45, 7) is 9.36. The van der Waals surface area contributed by atoms with Gasteiger partial charge in [0, 0.05) is 0 Å². The molecule has 1 unspecified atom stereocenters. The molecule has 0 fully saturated rings. The van der Waals surface area contributed by atoms with E-state index in [0.717, 1.165) is 5.92 Å². The van der Waals surface area contributed by atoms with Crippen LogP contribution in [0.1, 0.15) is 163 Å². The molecule has 0 heteroatoms. The minimum absolute atomic E-state index is 0.879. The molecule has 0 aliphatic rings. The average Bonchev–Trinajstić information content (AvgIpc) is 2.71. The van der Waals surface area contributed by atoms with Crippen LogP contribution in [0.15, 0.2) is 11.6 Å². The Labute approximate surface area is 180 Å². The number of hydrogen-bond donors (Lipinski definition) is 0. The molecule has 0 nitrogen and oxygen atoms in total. The molecule has 1 atom stereocenters. The van der Waals surface area contributed by atoms with Crippen LogP contribution in [-0.2, 0) is 0 Å². The van der Waals surface area contributed by atoms with E-state index in [1.54, 1.807) is 5.57 Å². The van der Waals surface area contributed by atoms with Crippen LogP contribution in [-0.4, -0.2) is 0 Å². The molecule has 0 heterocycles. The highest BCUT2D eigenvalue weighted by atomic mass is 14.2. The summed E-state index contributed by atoms with van der Waals surface area (Å²) in [6, 6.07) is 0. The zero-order valence-electron chi connectivity index (χ0n) is 20.5. The maximum absolute atomic E-state index is 2.64. The van der Waals surface area contributed by atoms with Crippen LogP contribution in [0.25, 0.3) is 0 Å². The number of hydrogen-bond acceptors (Lipinski definition) is 0. The van der Waals surface area contributed by atoms with Gasteiger partial charge in [-0.05, 0) is 38.0 Å². The van der Waals surface area contributed by atoms with Gasteiger partial charge in [-0.3, -0.25) is 0 Å². The Hall–Kier alpha value is -0.260. The van der Waals surface area contributed by atoms with Gasteiger partial charge >= 0.3 is 0 Å². The molecule has 0 saturated carbocycles. The predicted molar refractivity (Wildman–Crippen MR) is 131 cm³/mol. The first-order chi connectivity index (χ1) is 13.8. The normalized spacial score (nSPS) is 13.2. The fourth-order valence-electron chi connectivity index (χ4n) is 4.55. The molecule has 0 radical (unpaired) electrons. The zero-order valence-corrected chi connectivity index (χ0v) is 20.5. The van der Waals surface area contributed by atoms with Crippen molar-refractivity contribution in [1.29, 1.82) is 0 Å². The van der Waals surface area contributed by atoms with E-state index in [1.807, 2.05) is 0 Å². The molecule has 168 valence electrons. The van der Waals surface area contributed by atoms with E-state index in [-0.39, 0.29) is 0 Å². The van der Waals surface area contributed by atoms with Crippen LogP contribution in [0.5, 0.6) is 0 Å². The highest BCUT2D eigenvalue weighted by Crippen LogP contribution is 2.27. The van der Waals surface area contributed by atoms with E-state index in [1.165, 1.54) is 135 Å². The first kappa shape index (κ1) is 27.7. The third-order valence-electron chi connectivity index (χ3n) is 6.44. The standard InChI is InChI=1S/C28H56/c1-5-9-11-13-15-16-17-18-19-21-22-25-27(8-4)28(24-7-3)26-23-20-14-12-10-6-2/h25,28H,5-24,26H2,1-4H3. The first-order valence-corrected chi connectivity index (χ1v) is 13.5. The van der Waals surface area contributed by atoms with Gasteiger partial charge in [0.2, 0.25) is 0 Å². The molecular formula is C28H56. The lowest BCUT2D eigenvalue weighted by Gasteiger charge is -2.19. The van der Waals surface area contributed by atoms with E-state index in [0.29, 0.717) is 0 Å². The predicted octanol–water partition coefficient (Wildman–Crippen LogP) is 10.8. The fraction of sp³-hybridized carbons (Fsp3) is 0.929. The SMILES string of the molecule is CCCCCCCCCCCCC=C(CC)C(CCC)CCCCCCCC. The van der Waals surface area contributed by atoms with Gasteiger partial charge in [0.05, 0.1) is 0 Å². The number of rotatable bonds is 22. The van der Waals surface area contributed by atoms with Crippen molar-refractivity contribution >= 4 is 0 Å². The quantitative estimate of drug-likeness (QED) is 0.127. The smallest absolute Gasteiger partial charge is 0.0203 e. The molecule has 0 aromatic carbocycles. The lowest BCUT2D eigenvalue weighted by atomic mass is 9.86. The molecule has 0 amide bonds. The van der Waals surface area contributed by atoms with Crippen LogP contribution < -0.4 is 0 Å². The van der Waals surface area contributed by atoms with Crippen molar-refractivity contribution in [2.24, 2.45) is 5.92 Å². The van der Waals surface area contributed by atoms with Crippen LogP contribution in [0.3, 0.4) is 0 Å². The average molecular weight is 393 g/mol. The summed E-state index contributed by atoms with van der Waals surface area (Å²) in [4.78, 5) is 0. The van der Waals surface area contributed by atoms with Gasteiger partial charge < -0.3 is 0 Å². The van der Waals surface area contributed by atoms with Crippen LogP contribution in [0.2, 0.25) is 0 Å². The van der Waals surface area contributed by atoms with E-state index in [9.17, 15) is 0 Å². The zero-order chi connectivity index (χ0) is 20.7. The van der Waals surface area contributed by atoms with Crippen molar-refractivity contribution in [3.05, 3.63) is 11.6 Å². The van der Waals surface area contributed by atoms with Crippen LogP contribution in [0, 0.1) is 5.92 Å². The molecule has 0 spiro atoms. The third-order valence-corrected chi connectivity index (χ3v) is 6.44. The monoisotopic (exact) mass is 392 g/mol. The Morgan fingerprint density at radius 2 is 0.964 bits per heavy atom. The second-order valence-corrected chi connectivity index (χ2v) is 9.15. The fourth-order valence-corrected chi connectivity index (χ4v) is 4.55. The maximum atomic E-state index is 2.64. The van der Waals surface area contributed by atoms with Gasteiger partial charge in [-0.1, -0.05) is 142 Å². The highest BCUT2D eigenvalue weighted by Gasteiger charge is 2.11. The minimum Gasteiger partial charge on any atom is -0.0851 e. The third kappa shape index (κ3) is 17.8. The van der Waals surface area contributed by atoms with Gasteiger partial charge in [-0.25, -0.2) is 0 Å². The van der Waals surface area contributed by atoms with Crippen molar-refractivity contribution in [3.63, 3.8) is 0 Å². The second kappa shape index (κ2) is 23.0. The lowest BCUT2D eigenvalue weighted by molar-refractivity contribution is 0.461. The number of allylic oxidation sites excluding steroid dienone is 2. The summed E-state index contributed by atoms with van der Waals surface area (Å²) in [7, 11) is 0. The van der Waals surface area contributed by atoms with Gasteiger partial charge in [-0.2, -0.15) is 0 Å². The number of unbranched alkanes of at least 4 members (excludes halogenated alkanes) is 15. The maximum Gasteiger partial charge on any atom is -0.0203 e. The van der Waals surface area contributed by atoms with Crippen LogP contribution >= 0.6 is 0 Å². The van der Waals surface area contributed by atoms with Gasteiger partial charge in [0.25, 0.3) is 0 Å². The Balaban J connectivity index is 3.88. The van der Waals surface area contributed by atoms with Crippen molar-refractivity contribution in [3.8, 4) is 0 Å². The molecule has 0 bridgehead atoms. The Kier molecular flexibility index (Phi) is 22.8. The molecule has 0 saturated heterocycles. The summed E-state index contributed by atoms with van der Waals surface area (Å²) >= 11 is 0. The van der Waals surface area contributed by atoms with Crippen LogP contribution in [0.4, 0.5) is 0 Å². The summed E-state index contributed by atoms with van der Waals surface area (Å²) in [5.41, 5.74) is 1.78. The molecule has 0 aromatic heterocycles. The van der Waals surface area contributed by atoms with E-state index < -0.39 is 0 Å². The minimum atomic E-state index is 0.879. The molecule has 0 aliphatic carbocycles. The lowest BCUT2D eigenvalue weighted by Crippen LogP contribution is -2.04. The Bertz CT molecular complexity index is 314. The molecule has 0 aromatic rings. The van der Waals surface area contributed by atoms with E-state index in [2.05, 4.69) is 33.8 Å². The summed E-state index contributed by atoms with van der Waals surface area (Å²) in [6.07, 6.45) is 32.5. The second-order valence-electron chi connectivity index (χ2n) is 9.15. The Morgan fingerprint density at radius 1 is 0.500 bits per heavy atom. The van der Waals surface area contributed by atoms with Crippen molar-refractivity contribution in [2.45, 2.75) is 163 Å². The molecule has 0 N–H and O–H groups in total. The highest BCUT2D eigenvalue weighted by molar-refractivity contribution is 5.06. The largest absolute Gasteiger partial charge is 0.0851 e. The Morgan fingerprint density at radius 3 is 1.43 bits per heavy atom. The molecule has 0 rings (SSSR count). The molecule has 0 aliphatic heterocycles. The van der Waals surface area contributed by atoms with Crippen molar-refractivity contribution in [1.82, 2.24) is 0 Å². The summed E-state index contributed by atoms with van der Waals surface area (Å²) in [5, 5.41) is 0. The molecule has 28 heavy (non-hydrogen) atoms. The summed E-state index contributed by atoms with van der Waals surface area (Å²) < 4.78 is 0. The van der Waals surface area contributed by atoms with Gasteiger partial charge in [0.15, 0.2) is 0 Å². The first-order valence-electron chi connectivity index (χ1n) is 13.5. The topological polar surface area (TPSA) is 0 Å². The van der Waals surface area contributed by atoms with Crippen molar-refractivity contribution < 1.29 is 0 Å². The van der Waals surface area contributed by atoms with E-state index >= 15 is 0 Å². The van der Waals surface area contributed by atoms with E-state index in [4.69, 9.17) is 0 Å².